The Kier molecular flexibility index (Phi) is 4.91. The standard InChI is InChI=1S/C28H20FNO6/c1-2-35-20-10-6-5-9-19(20)30-26(33)21-22(27(30)34)28(36-23(21)15-11-13-16(29)14-12-15)24(31)17-7-3-4-8-18(17)25(28)32/h3-14,21-23H,2H2,1H3/t21-,22-,23-/m0/s1. The van der Waals surface area contributed by atoms with E-state index >= 15 is 0 Å². The molecule has 6 rings (SSSR count). The summed E-state index contributed by atoms with van der Waals surface area (Å²) in [4.78, 5) is 56.4. The molecule has 3 aromatic rings. The maximum atomic E-state index is 14.0. The van der Waals surface area contributed by atoms with Crippen molar-refractivity contribution in [3.05, 3.63) is 95.3 Å². The minimum absolute atomic E-state index is 0.148. The lowest BCUT2D eigenvalue weighted by Gasteiger charge is -2.27. The highest BCUT2D eigenvalue weighted by atomic mass is 19.1. The second-order valence-corrected chi connectivity index (χ2v) is 8.95. The van der Waals surface area contributed by atoms with Gasteiger partial charge in [-0.1, -0.05) is 48.5 Å². The fourth-order valence-electron chi connectivity index (χ4n) is 5.63. The second kappa shape index (κ2) is 7.93. The van der Waals surface area contributed by atoms with Crippen LogP contribution in [0.1, 0.15) is 39.3 Å². The molecule has 8 heteroatoms. The minimum atomic E-state index is -2.19. The summed E-state index contributed by atoms with van der Waals surface area (Å²) in [6.07, 6.45) is -1.11. The molecule has 0 N–H and O–H groups in total. The van der Waals surface area contributed by atoms with Crippen LogP contribution in [0.25, 0.3) is 0 Å². The molecule has 0 radical (unpaired) electrons. The summed E-state index contributed by atoms with van der Waals surface area (Å²) in [5.41, 5.74) is -1.27. The number of carbonyl (C=O) groups excluding carboxylic acids is 4. The number of ketones is 2. The Balaban J connectivity index is 1.54. The first-order valence-electron chi connectivity index (χ1n) is 11.6. The van der Waals surface area contributed by atoms with Gasteiger partial charge in [-0.25, -0.2) is 9.29 Å². The Bertz CT molecular complexity index is 1410. The smallest absolute Gasteiger partial charge is 0.241 e. The molecule has 1 aliphatic carbocycles. The third kappa shape index (κ3) is 2.82. The number of rotatable bonds is 4. The van der Waals surface area contributed by atoms with Crippen LogP contribution >= 0.6 is 0 Å². The van der Waals surface area contributed by atoms with Crippen molar-refractivity contribution in [3.8, 4) is 5.75 Å². The van der Waals surface area contributed by atoms with E-state index in [1.165, 1.54) is 36.4 Å². The average molecular weight is 485 g/mol. The predicted octanol–water partition coefficient (Wildman–Crippen LogP) is 3.92. The van der Waals surface area contributed by atoms with Gasteiger partial charge >= 0.3 is 0 Å². The molecule has 0 unspecified atom stereocenters. The van der Waals surface area contributed by atoms with Crippen LogP contribution in [0.2, 0.25) is 0 Å². The molecule has 7 nitrogen and oxygen atoms in total. The zero-order valence-corrected chi connectivity index (χ0v) is 19.1. The number of nitrogens with zero attached hydrogens (tertiary/aromatic N) is 1. The van der Waals surface area contributed by atoms with Gasteiger partial charge in [-0.2, -0.15) is 0 Å². The van der Waals surface area contributed by atoms with Crippen LogP contribution in [0.15, 0.2) is 72.8 Å². The molecule has 2 heterocycles. The second-order valence-electron chi connectivity index (χ2n) is 8.95. The van der Waals surface area contributed by atoms with Gasteiger partial charge in [0, 0.05) is 11.1 Å². The van der Waals surface area contributed by atoms with Crippen molar-refractivity contribution in [1.82, 2.24) is 0 Å². The number of carbonyl (C=O) groups is 4. The molecular weight excluding hydrogens is 465 g/mol. The van der Waals surface area contributed by atoms with Crippen LogP contribution in [0.4, 0.5) is 10.1 Å². The van der Waals surface area contributed by atoms with Crippen molar-refractivity contribution in [3.63, 3.8) is 0 Å². The van der Waals surface area contributed by atoms with E-state index in [0.29, 0.717) is 17.9 Å². The lowest BCUT2D eigenvalue weighted by Crippen LogP contribution is -2.51. The molecule has 0 bridgehead atoms. The Morgan fingerprint density at radius 2 is 1.47 bits per heavy atom. The number of Topliss-reactive ketones (excluding diaryl/α,β-unsaturated/α-hetero) is 2. The van der Waals surface area contributed by atoms with E-state index in [1.807, 2.05) is 0 Å². The Morgan fingerprint density at radius 3 is 2.11 bits per heavy atom. The van der Waals surface area contributed by atoms with Crippen LogP contribution in [0.3, 0.4) is 0 Å². The Labute approximate surface area is 205 Å². The number of fused-ring (bicyclic) bond motifs is 3. The van der Waals surface area contributed by atoms with E-state index in [1.54, 1.807) is 43.3 Å². The first-order chi connectivity index (χ1) is 17.4. The molecule has 0 saturated carbocycles. The van der Waals surface area contributed by atoms with Crippen LogP contribution < -0.4 is 9.64 Å². The summed E-state index contributed by atoms with van der Waals surface area (Å²) in [5, 5.41) is 0. The number of benzene rings is 3. The third-order valence-electron chi connectivity index (χ3n) is 7.12. The van der Waals surface area contributed by atoms with Crippen molar-refractivity contribution in [2.75, 3.05) is 11.5 Å². The van der Waals surface area contributed by atoms with Gasteiger partial charge in [0.15, 0.2) is 0 Å². The molecule has 1 spiro atoms. The largest absolute Gasteiger partial charge is 0.492 e. The summed E-state index contributed by atoms with van der Waals surface area (Å²) in [7, 11) is 0. The molecule has 2 fully saturated rings. The number of hydrogen-bond donors (Lipinski definition) is 0. The lowest BCUT2D eigenvalue weighted by atomic mass is 9.77. The zero-order chi connectivity index (χ0) is 25.2. The summed E-state index contributed by atoms with van der Waals surface area (Å²) in [5.74, 6) is -5.35. The monoisotopic (exact) mass is 485 g/mol. The number of halogens is 1. The molecule has 36 heavy (non-hydrogen) atoms. The van der Waals surface area contributed by atoms with Crippen molar-refractivity contribution >= 4 is 29.1 Å². The van der Waals surface area contributed by atoms with Crippen molar-refractivity contribution in [2.24, 2.45) is 11.8 Å². The van der Waals surface area contributed by atoms with Gasteiger partial charge in [-0.3, -0.25) is 19.2 Å². The first kappa shape index (κ1) is 22.3. The van der Waals surface area contributed by atoms with Crippen LogP contribution in [0, 0.1) is 17.7 Å². The SMILES string of the molecule is CCOc1ccccc1N1C(=O)[C@H]2[C@@H](C1=O)C1(O[C@H]2c2ccc(F)cc2)C(=O)c2ccccc2C1=O. The minimum Gasteiger partial charge on any atom is -0.492 e. The van der Waals surface area contributed by atoms with E-state index in [9.17, 15) is 23.6 Å². The molecule has 2 saturated heterocycles. The summed E-state index contributed by atoms with van der Waals surface area (Å²) < 4.78 is 25.5. The van der Waals surface area contributed by atoms with Gasteiger partial charge in [0.25, 0.3) is 0 Å². The molecule has 3 aromatic carbocycles. The highest BCUT2D eigenvalue weighted by Crippen LogP contribution is 2.58. The van der Waals surface area contributed by atoms with E-state index in [0.717, 1.165) is 4.90 Å². The molecule has 180 valence electrons. The zero-order valence-electron chi connectivity index (χ0n) is 19.1. The van der Waals surface area contributed by atoms with Gasteiger partial charge < -0.3 is 9.47 Å². The normalized spacial score (nSPS) is 23.9. The molecule has 2 aliphatic heterocycles. The summed E-state index contributed by atoms with van der Waals surface area (Å²) in [6, 6.07) is 18.1. The summed E-state index contributed by atoms with van der Waals surface area (Å²) >= 11 is 0. The fraction of sp³-hybridized carbons (Fsp3) is 0.214. The number of para-hydroxylation sites is 2. The maximum Gasteiger partial charge on any atom is 0.241 e. The van der Waals surface area contributed by atoms with Gasteiger partial charge in [-0.15, -0.1) is 0 Å². The topological polar surface area (TPSA) is 90.0 Å². The Hall–Kier alpha value is -4.17. The molecule has 0 aromatic heterocycles. The predicted molar refractivity (Wildman–Crippen MR) is 125 cm³/mol. The number of amides is 2. The van der Waals surface area contributed by atoms with E-state index < -0.39 is 52.7 Å². The van der Waals surface area contributed by atoms with Gasteiger partial charge in [0.1, 0.15) is 11.6 Å². The lowest BCUT2D eigenvalue weighted by molar-refractivity contribution is -0.127. The van der Waals surface area contributed by atoms with Crippen molar-refractivity contribution < 1.29 is 33.0 Å². The highest BCUT2D eigenvalue weighted by molar-refractivity contribution is 6.37. The van der Waals surface area contributed by atoms with Crippen LogP contribution in [-0.2, 0) is 14.3 Å². The van der Waals surface area contributed by atoms with E-state index in [4.69, 9.17) is 9.47 Å². The van der Waals surface area contributed by atoms with Gasteiger partial charge in [0.2, 0.25) is 29.0 Å². The number of hydrogen-bond acceptors (Lipinski definition) is 6. The number of imide groups is 1. The van der Waals surface area contributed by atoms with E-state index in [-0.39, 0.29) is 16.8 Å². The quantitative estimate of drug-likeness (QED) is 0.411. The van der Waals surface area contributed by atoms with Crippen LogP contribution in [-0.4, -0.2) is 35.6 Å². The van der Waals surface area contributed by atoms with Gasteiger partial charge in [-0.05, 0) is 36.8 Å². The molecule has 3 atom stereocenters. The third-order valence-corrected chi connectivity index (χ3v) is 7.12. The van der Waals surface area contributed by atoms with E-state index in [2.05, 4.69) is 0 Å². The Morgan fingerprint density at radius 1 is 0.861 bits per heavy atom. The molecule has 2 amide bonds. The summed E-state index contributed by atoms with van der Waals surface area (Å²) in [6.45, 7) is 2.08. The number of anilines is 1. The average Bonchev–Trinajstić information content (AvgIpc) is 3.45. The molecule has 3 aliphatic rings. The first-order valence-corrected chi connectivity index (χ1v) is 11.6. The fourth-order valence-corrected chi connectivity index (χ4v) is 5.63. The van der Waals surface area contributed by atoms with Crippen molar-refractivity contribution in [1.29, 1.82) is 0 Å². The van der Waals surface area contributed by atoms with Crippen LogP contribution in [0.5, 0.6) is 5.75 Å². The molecular formula is C28H20FNO6. The maximum absolute atomic E-state index is 14.0. The number of ether oxygens (including phenoxy) is 2. The van der Waals surface area contributed by atoms with Crippen molar-refractivity contribution in [2.45, 2.75) is 18.6 Å². The van der Waals surface area contributed by atoms with Gasteiger partial charge in [0.05, 0.1) is 30.2 Å². The highest BCUT2D eigenvalue weighted by Gasteiger charge is 2.74.